The molecular formula is C13H18BrN3O3. The zero-order valence-electron chi connectivity index (χ0n) is 11.6. The second-order valence-electron chi connectivity index (χ2n) is 4.81. The molecule has 0 aliphatic heterocycles. The lowest BCUT2D eigenvalue weighted by Gasteiger charge is -2.16. The molecule has 1 aromatic carbocycles. The van der Waals surface area contributed by atoms with Crippen LogP contribution in [-0.4, -0.2) is 22.9 Å². The van der Waals surface area contributed by atoms with Crippen molar-refractivity contribution in [3.05, 3.63) is 38.3 Å². The maximum Gasteiger partial charge on any atom is 0.283 e. The number of halogens is 1. The predicted octanol–water partition coefficient (Wildman–Crippen LogP) is 2.36. The van der Waals surface area contributed by atoms with Gasteiger partial charge in [0.1, 0.15) is 0 Å². The minimum atomic E-state index is -0.442. The molecule has 20 heavy (non-hydrogen) atoms. The second-order valence-corrected chi connectivity index (χ2v) is 5.66. The number of nitrogens with zero attached hydrogens (tertiary/aromatic N) is 1. The van der Waals surface area contributed by atoms with Gasteiger partial charge in [0, 0.05) is 18.7 Å². The number of hydrogen-bond acceptors (Lipinski definition) is 4. The Hall–Kier alpha value is -1.47. The van der Waals surface area contributed by atoms with Crippen molar-refractivity contribution >= 4 is 27.5 Å². The maximum atomic E-state index is 11.7. The van der Waals surface area contributed by atoms with Gasteiger partial charge in [-0.25, -0.2) is 0 Å². The van der Waals surface area contributed by atoms with E-state index in [1.165, 1.54) is 6.07 Å². The lowest BCUT2D eigenvalue weighted by molar-refractivity contribution is -0.385. The summed E-state index contributed by atoms with van der Waals surface area (Å²) < 4.78 is 0.442. The smallest absolute Gasteiger partial charge is 0.283 e. The Bertz CT molecular complexity index is 506. The third-order valence-corrected chi connectivity index (χ3v) is 3.31. The minimum Gasteiger partial charge on any atom is -0.353 e. The van der Waals surface area contributed by atoms with Gasteiger partial charge in [0.05, 0.1) is 15.4 Å². The van der Waals surface area contributed by atoms with Gasteiger partial charge in [-0.15, -0.1) is 0 Å². The summed E-state index contributed by atoms with van der Waals surface area (Å²) in [6, 6.07) is 4.62. The van der Waals surface area contributed by atoms with Crippen LogP contribution in [0.4, 0.5) is 5.69 Å². The molecule has 0 spiro atoms. The van der Waals surface area contributed by atoms with E-state index in [1.54, 1.807) is 19.1 Å². The van der Waals surface area contributed by atoms with Gasteiger partial charge in [-0.05, 0) is 48.3 Å². The highest BCUT2D eigenvalue weighted by Gasteiger charge is 2.15. The molecule has 1 amide bonds. The van der Waals surface area contributed by atoms with E-state index in [0.29, 0.717) is 11.0 Å². The first-order chi connectivity index (χ1) is 9.31. The predicted molar refractivity (Wildman–Crippen MR) is 80.4 cm³/mol. The van der Waals surface area contributed by atoms with E-state index >= 15 is 0 Å². The van der Waals surface area contributed by atoms with Crippen molar-refractivity contribution in [3.63, 3.8) is 0 Å². The summed E-state index contributed by atoms with van der Waals surface area (Å²) in [4.78, 5) is 22.1. The van der Waals surface area contributed by atoms with Crippen LogP contribution in [0.25, 0.3) is 0 Å². The van der Waals surface area contributed by atoms with Crippen LogP contribution in [0, 0.1) is 10.1 Å². The molecule has 0 saturated carbocycles. The molecule has 0 aromatic heterocycles. The van der Waals surface area contributed by atoms with Gasteiger partial charge in [-0.3, -0.25) is 14.9 Å². The van der Waals surface area contributed by atoms with E-state index in [0.717, 1.165) is 5.56 Å². The fourth-order valence-electron chi connectivity index (χ4n) is 1.58. The monoisotopic (exact) mass is 343 g/mol. The van der Waals surface area contributed by atoms with E-state index < -0.39 is 4.92 Å². The molecule has 0 aliphatic rings. The SMILES string of the molecule is CC(C)NC(=O)C(C)NCc1ccc(Br)c([N+](=O)[O-])c1. The van der Waals surface area contributed by atoms with E-state index in [9.17, 15) is 14.9 Å². The van der Waals surface area contributed by atoms with Crippen molar-refractivity contribution < 1.29 is 9.72 Å². The third kappa shape index (κ3) is 4.90. The van der Waals surface area contributed by atoms with E-state index in [4.69, 9.17) is 0 Å². The highest BCUT2D eigenvalue weighted by Crippen LogP contribution is 2.25. The number of nitro benzene ring substituents is 1. The van der Waals surface area contributed by atoms with E-state index in [-0.39, 0.29) is 23.7 Å². The number of nitro groups is 1. The minimum absolute atomic E-state index is 0.0172. The molecule has 0 heterocycles. The lowest BCUT2D eigenvalue weighted by atomic mass is 10.2. The molecule has 110 valence electrons. The molecule has 0 fully saturated rings. The molecular weight excluding hydrogens is 326 g/mol. The summed E-state index contributed by atoms with van der Waals surface area (Å²) in [5, 5.41) is 16.7. The van der Waals surface area contributed by atoms with Crippen LogP contribution in [0.1, 0.15) is 26.3 Å². The standard InChI is InChI=1S/C13H18BrN3O3/c1-8(2)16-13(18)9(3)15-7-10-4-5-11(14)12(6-10)17(19)20/h4-6,8-9,15H,7H2,1-3H3,(H,16,18). The molecule has 0 saturated heterocycles. The van der Waals surface area contributed by atoms with Gasteiger partial charge in [0.2, 0.25) is 5.91 Å². The zero-order chi connectivity index (χ0) is 15.3. The van der Waals surface area contributed by atoms with Gasteiger partial charge < -0.3 is 10.6 Å². The summed E-state index contributed by atoms with van der Waals surface area (Å²) in [7, 11) is 0. The maximum absolute atomic E-state index is 11.7. The molecule has 1 atom stereocenters. The highest BCUT2D eigenvalue weighted by atomic mass is 79.9. The van der Waals surface area contributed by atoms with Gasteiger partial charge >= 0.3 is 0 Å². The fourth-order valence-corrected chi connectivity index (χ4v) is 1.97. The first-order valence-electron chi connectivity index (χ1n) is 6.28. The Morgan fingerprint density at radius 1 is 1.40 bits per heavy atom. The summed E-state index contributed by atoms with van der Waals surface area (Å²) in [6.07, 6.45) is 0. The van der Waals surface area contributed by atoms with Crippen LogP contribution in [-0.2, 0) is 11.3 Å². The Morgan fingerprint density at radius 3 is 2.60 bits per heavy atom. The molecule has 6 nitrogen and oxygen atoms in total. The van der Waals surface area contributed by atoms with Crippen LogP contribution in [0.2, 0.25) is 0 Å². The fraction of sp³-hybridized carbons (Fsp3) is 0.462. The van der Waals surface area contributed by atoms with Crippen molar-refractivity contribution in [2.75, 3.05) is 0 Å². The Morgan fingerprint density at radius 2 is 2.05 bits per heavy atom. The Balaban J connectivity index is 2.64. The van der Waals surface area contributed by atoms with Crippen LogP contribution in [0.15, 0.2) is 22.7 Å². The number of carbonyl (C=O) groups excluding carboxylic acids is 1. The first kappa shape index (κ1) is 16.6. The number of benzene rings is 1. The van der Waals surface area contributed by atoms with Crippen LogP contribution in [0.5, 0.6) is 0 Å². The number of nitrogens with one attached hydrogen (secondary N) is 2. The molecule has 2 N–H and O–H groups in total. The third-order valence-electron chi connectivity index (χ3n) is 2.64. The van der Waals surface area contributed by atoms with Gasteiger partial charge in [-0.2, -0.15) is 0 Å². The second kappa shape index (κ2) is 7.35. The number of carbonyl (C=O) groups is 1. The average Bonchev–Trinajstić information content (AvgIpc) is 2.36. The van der Waals surface area contributed by atoms with E-state index in [2.05, 4.69) is 26.6 Å². The van der Waals surface area contributed by atoms with Gasteiger partial charge in [0.15, 0.2) is 0 Å². The van der Waals surface area contributed by atoms with Crippen molar-refractivity contribution in [1.29, 1.82) is 0 Å². The Kier molecular flexibility index (Phi) is 6.09. The number of amides is 1. The van der Waals surface area contributed by atoms with E-state index in [1.807, 2.05) is 13.8 Å². The summed E-state index contributed by atoms with van der Waals surface area (Å²) in [5.41, 5.74) is 0.771. The molecule has 1 rings (SSSR count). The van der Waals surface area contributed by atoms with Crippen molar-refractivity contribution in [1.82, 2.24) is 10.6 Å². The van der Waals surface area contributed by atoms with Crippen molar-refractivity contribution in [2.24, 2.45) is 0 Å². The first-order valence-corrected chi connectivity index (χ1v) is 7.07. The average molecular weight is 344 g/mol. The molecule has 0 radical (unpaired) electrons. The van der Waals surface area contributed by atoms with Gasteiger partial charge in [0.25, 0.3) is 5.69 Å². The van der Waals surface area contributed by atoms with Crippen LogP contribution < -0.4 is 10.6 Å². The van der Waals surface area contributed by atoms with Crippen LogP contribution in [0.3, 0.4) is 0 Å². The molecule has 0 bridgehead atoms. The summed E-state index contributed by atoms with van der Waals surface area (Å²) in [5.74, 6) is -0.0911. The normalized spacial score (nSPS) is 12.2. The molecule has 1 aromatic rings. The topological polar surface area (TPSA) is 84.3 Å². The summed E-state index contributed by atoms with van der Waals surface area (Å²) >= 11 is 3.14. The number of rotatable bonds is 6. The largest absolute Gasteiger partial charge is 0.353 e. The zero-order valence-corrected chi connectivity index (χ0v) is 13.2. The van der Waals surface area contributed by atoms with Crippen molar-refractivity contribution in [2.45, 2.75) is 39.4 Å². The van der Waals surface area contributed by atoms with Crippen molar-refractivity contribution in [3.8, 4) is 0 Å². The molecule has 0 aliphatic carbocycles. The quantitative estimate of drug-likeness (QED) is 0.613. The Labute approximate surface area is 126 Å². The van der Waals surface area contributed by atoms with Gasteiger partial charge in [-0.1, -0.05) is 6.07 Å². The van der Waals surface area contributed by atoms with Crippen LogP contribution >= 0.6 is 15.9 Å². The summed E-state index contributed by atoms with van der Waals surface area (Å²) in [6.45, 7) is 5.93. The highest BCUT2D eigenvalue weighted by molar-refractivity contribution is 9.10. The number of hydrogen-bond donors (Lipinski definition) is 2. The molecule has 1 unspecified atom stereocenters. The lowest BCUT2D eigenvalue weighted by Crippen LogP contribution is -2.44. The molecule has 7 heteroatoms.